The molecule has 0 spiro atoms. The molecule has 652 valence electrons. The maximum absolute atomic E-state index is 14.6. The van der Waals surface area contributed by atoms with E-state index in [0.717, 1.165) is 37.2 Å². The van der Waals surface area contributed by atoms with E-state index in [1.54, 1.807) is 90.2 Å². The van der Waals surface area contributed by atoms with Crippen LogP contribution in [0.4, 0.5) is 32.8 Å². The minimum atomic E-state index is -2.45. The number of anilines is 5. The first kappa shape index (κ1) is 91.1. The van der Waals surface area contributed by atoms with Crippen molar-refractivity contribution in [3.05, 3.63) is 93.0 Å². The highest BCUT2D eigenvalue weighted by molar-refractivity contribution is 7.73. The number of nitrogens with zero attached hydrogens (tertiary/aromatic N) is 15. The number of ether oxygens (including phenoxy) is 6. The van der Waals surface area contributed by atoms with Gasteiger partial charge in [0.15, 0.2) is 65.5 Å². The SMILES string of the molecule is C=P(C)(C)CC[C@@]1(C)O[C@@H](n2cnc3c(N)ccnc32)[C@H](O)[C@@H]1O.C=P(C)(C)CC[C@@]12CO[C@@H]([C@H](n3cnc4c(N)ccnc43)O1)[C@@H]2O.C=P(C)(C)CC[C@H]1O[C@@H](n2cnc3c(N)ccnc32)C(O)(O)[C@@H]1O.C=P(C)(C)CC[C@H]1O[C@@H](n2cnc3c(N)ccnc32)[C@H](F)[C@@H]1O.C=P(C)(C)CC[C@H]1O[C@@H](n2cnc3c(N)ccnc32)[C@](C)(O)[C@@H]1O. The van der Waals surface area contributed by atoms with E-state index in [0.29, 0.717) is 117 Å². The normalized spacial score (nSPS) is 30.0. The van der Waals surface area contributed by atoms with Gasteiger partial charge in [-0.3, -0.25) is 22.8 Å². The fourth-order valence-electron chi connectivity index (χ4n) is 15.2. The van der Waals surface area contributed by atoms with Crippen molar-refractivity contribution < 1.29 is 78.8 Å². The van der Waals surface area contributed by atoms with E-state index in [4.69, 9.17) is 57.1 Å². The van der Waals surface area contributed by atoms with Crippen LogP contribution in [0.2, 0.25) is 0 Å². The molecule has 41 heteroatoms. The zero-order valence-corrected chi connectivity index (χ0v) is 73.9. The smallest absolute Gasteiger partial charge is 0.239 e. The summed E-state index contributed by atoms with van der Waals surface area (Å²) in [6, 6.07) is 8.31. The number of nitrogens with two attached hydrogens (primary N) is 5. The van der Waals surface area contributed by atoms with E-state index in [9.17, 15) is 50.3 Å². The number of alkyl halides is 1. The molecule has 0 unspecified atom stereocenters. The lowest BCUT2D eigenvalue weighted by molar-refractivity contribution is -0.247. The third kappa shape index (κ3) is 19.5. The van der Waals surface area contributed by atoms with Gasteiger partial charge in [-0.25, -0.2) is 54.2 Å². The molecular weight excluding hydrogens is 1630 g/mol. The molecule has 0 saturated carbocycles. The van der Waals surface area contributed by atoms with Crippen LogP contribution in [0.3, 0.4) is 0 Å². The third-order valence-corrected chi connectivity index (χ3v) is 29.6. The molecular formula is C78H118FN20O15P5. The van der Waals surface area contributed by atoms with E-state index in [-0.39, 0.29) is 0 Å². The molecule has 119 heavy (non-hydrogen) atoms. The first-order valence-corrected chi connectivity index (χ1v) is 54.2. The molecule has 19 N–H and O–H groups in total. The largest absolute Gasteiger partial charge is 0.397 e. The predicted octanol–water partition coefficient (Wildman–Crippen LogP) is 5.15. The predicted molar refractivity (Wildman–Crippen MR) is 478 cm³/mol. The summed E-state index contributed by atoms with van der Waals surface area (Å²) in [5, 5.41) is 94.4. The minimum Gasteiger partial charge on any atom is -0.397 e. The van der Waals surface area contributed by atoms with Gasteiger partial charge in [-0.1, -0.05) is 0 Å². The number of hydrogen-bond acceptors (Lipinski definition) is 30. The van der Waals surface area contributed by atoms with E-state index >= 15 is 0 Å². The fourth-order valence-corrected chi connectivity index (χ4v) is 20.1. The van der Waals surface area contributed by atoms with Crippen LogP contribution in [0.15, 0.2) is 93.0 Å². The van der Waals surface area contributed by atoms with Gasteiger partial charge in [0.1, 0.15) is 81.5 Å². The van der Waals surface area contributed by atoms with Crippen LogP contribution in [-0.4, -0.2) is 344 Å². The highest BCUT2D eigenvalue weighted by atomic mass is 31.2. The standard InChI is InChI=1S/C16H23N4O3P.2C16H25N4O3P.C15H22FN4O2P.C15H23N4O4P/c1-24(2,3)7-5-16-8-22-12(13(16)21)15(23-16)20-9-19-11-10(17)4-6-18-14(11)20;1-16(6-8-24(2,3)4)13(22)12(21)15(23-16)20-9-19-11-10(17)5-7-18-14(11)20;1-16(22)13(21)11(6-8-24(2,3)4)23-15(16)20-9-19-12-10(17)5-7-18-14(12)20;1-23(2,3)7-5-10-13(21)11(16)15(22-10)20-8-19-12-9(17)4-6-18-14(12)20;1-24(2,3)7-5-10-12(20)15(21,22)14(23-10)19-8-18-11-9(16)4-6-17-13(11)19/h4,6,9,12-13,15,21H,1,5,7-8H2,2-3H3,(H2,17,18);5,7,9,12-13,15,21-22H,2,6,8H2,1,3-4H3,(H2,17,18);5,7,9,11,13,15,21-22H,2,6,8H2,1,3-4H3,(H2,17,18);4,6,8,10-11,13,15,21H,1,5,7H2,2-3H3,(H2,17,18);4,6,8,10,12,14,20-22H,1,5,7H2,2-3H3,(H2,16,17)/t12-,13+,15-,16+;12-,13+,15-,16-;11-,13-,15-,16-;10-,11-,13-,15-;10-,12-,14-/m11111/s1. The quantitative estimate of drug-likeness (QED) is 0.0347. The summed E-state index contributed by atoms with van der Waals surface area (Å²) in [4.78, 5) is 42.5. The maximum atomic E-state index is 14.6. The average Bonchev–Trinajstić information content (AvgIpc) is 1.53. The molecule has 6 fully saturated rings. The Morgan fingerprint density at radius 3 is 1.17 bits per heavy atom. The van der Waals surface area contributed by atoms with Crippen LogP contribution in [-0.2, 0) is 28.4 Å². The Morgan fingerprint density at radius 2 is 0.756 bits per heavy atom. The van der Waals surface area contributed by atoms with Crippen molar-refractivity contribution in [2.75, 3.05) is 133 Å². The van der Waals surface area contributed by atoms with Gasteiger partial charge >= 0.3 is 0 Å². The molecule has 0 amide bonds. The molecule has 10 aromatic heterocycles. The number of pyridine rings is 5. The highest BCUT2D eigenvalue weighted by Crippen LogP contribution is 2.52. The average molecular weight is 1750 g/mol. The lowest BCUT2D eigenvalue weighted by Gasteiger charge is -2.32. The van der Waals surface area contributed by atoms with Gasteiger partial charge in [0.05, 0.1) is 90.6 Å². The Kier molecular flexibility index (Phi) is 26.5. The lowest BCUT2D eigenvalue weighted by Crippen LogP contribution is -2.46. The first-order chi connectivity index (χ1) is 55.4. The van der Waals surface area contributed by atoms with Crippen LogP contribution in [0, 0.1) is 0 Å². The Hall–Kier alpha value is -7.07. The van der Waals surface area contributed by atoms with Gasteiger partial charge in [0.25, 0.3) is 0 Å². The van der Waals surface area contributed by atoms with Gasteiger partial charge < -0.3 is 103 Å². The molecule has 35 nitrogen and oxygen atoms in total. The van der Waals surface area contributed by atoms with Crippen LogP contribution < -0.4 is 28.7 Å². The number of hydrogen-bond donors (Lipinski definition) is 14. The van der Waals surface area contributed by atoms with Crippen molar-refractivity contribution in [1.82, 2.24) is 72.7 Å². The van der Waals surface area contributed by atoms with Gasteiger partial charge in [0, 0.05) is 31.0 Å². The number of aliphatic hydroxyl groups excluding tert-OH is 6. The van der Waals surface area contributed by atoms with Gasteiger partial charge in [0.2, 0.25) is 5.79 Å². The number of halogens is 1. The molecule has 0 aliphatic carbocycles. The van der Waals surface area contributed by atoms with Crippen molar-refractivity contribution in [3.8, 4) is 0 Å². The molecule has 6 saturated heterocycles. The number of aromatic nitrogens is 15. The second-order valence-electron chi connectivity index (χ2n) is 35.8. The van der Waals surface area contributed by atoms with Crippen LogP contribution in [0.1, 0.15) is 77.1 Å². The lowest BCUT2D eigenvalue weighted by atomic mass is 9.95. The molecule has 6 aliphatic rings. The van der Waals surface area contributed by atoms with Gasteiger partial charge in [-0.15, -0.1) is 65.9 Å². The monoisotopic (exact) mass is 1750 g/mol. The number of nitrogen functional groups attached to an aromatic ring is 5. The second kappa shape index (κ2) is 34.6. The fraction of sp³-hybridized carbons (Fsp3) is 0.551. The van der Waals surface area contributed by atoms with Crippen molar-refractivity contribution in [2.24, 2.45) is 0 Å². The first-order valence-electron chi connectivity index (χ1n) is 39.0. The summed E-state index contributed by atoms with van der Waals surface area (Å²) in [6.07, 6.45) is 29.6. The van der Waals surface area contributed by atoms with E-state index in [1.807, 2.05) is 11.5 Å². The van der Waals surface area contributed by atoms with Gasteiger partial charge in [-0.05, 0) is 174 Å². The maximum Gasteiger partial charge on any atom is 0.239 e. The van der Waals surface area contributed by atoms with Crippen molar-refractivity contribution in [3.63, 3.8) is 0 Å². The molecule has 16 heterocycles. The zero-order chi connectivity index (χ0) is 87.0. The summed E-state index contributed by atoms with van der Waals surface area (Å²) in [7, 11) is 0. The summed E-state index contributed by atoms with van der Waals surface area (Å²) < 4.78 is 58.3. The summed E-state index contributed by atoms with van der Waals surface area (Å²) in [6.45, 7) is 18.9. The zero-order valence-electron chi connectivity index (χ0n) is 69.4. The van der Waals surface area contributed by atoms with E-state index in [2.05, 4.69) is 148 Å². The number of aliphatic hydroxyl groups is 9. The molecule has 6 aliphatic heterocycles. The Labute approximate surface area is 690 Å². The van der Waals surface area contributed by atoms with Crippen molar-refractivity contribution >= 4 is 150 Å². The van der Waals surface area contributed by atoms with Crippen molar-refractivity contribution in [2.45, 2.75) is 167 Å². The summed E-state index contributed by atoms with van der Waals surface area (Å²) in [5.74, 6) is -2.45. The minimum absolute atomic E-state index is 0.366. The van der Waals surface area contributed by atoms with Crippen molar-refractivity contribution in [1.29, 1.82) is 0 Å². The van der Waals surface area contributed by atoms with Crippen LogP contribution in [0.25, 0.3) is 55.8 Å². The molecule has 2 bridgehead atoms. The van der Waals surface area contributed by atoms with Gasteiger partial charge in [-0.2, -0.15) is 0 Å². The van der Waals surface area contributed by atoms with E-state index < -0.39 is 155 Å². The Bertz CT molecular complexity index is 5330. The molecule has 16 rings (SSSR count). The molecule has 10 aromatic rings. The number of fused-ring (bicyclic) bond motifs is 7. The molecule has 0 radical (unpaired) electrons. The number of imidazole rings is 5. The van der Waals surface area contributed by atoms with E-state index in [1.165, 1.54) is 28.0 Å². The summed E-state index contributed by atoms with van der Waals surface area (Å²) in [5.41, 5.74) is 34.2. The number of rotatable bonds is 20. The third-order valence-electron chi connectivity index (χ3n) is 22.3. The topological polar surface area (TPSA) is 521 Å². The second-order valence-corrected chi connectivity index (χ2v) is 57.4. The highest BCUT2D eigenvalue weighted by Gasteiger charge is 2.62. The van der Waals surface area contributed by atoms with Crippen LogP contribution >= 0.6 is 34.4 Å². The summed E-state index contributed by atoms with van der Waals surface area (Å²) >= 11 is 0. The Balaban J connectivity index is 0.000000137. The Morgan fingerprint density at radius 1 is 0.412 bits per heavy atom. The molecule has 19 atom stereocenters. The molecule has 0 aromatic carbocycles. The van der Waals surface area contributed by atoms with Crippen LogP contribution in [0.5, 0.6) is 0 Å².